The average Bonchev–Trinajstić information content (AvgIpc) is 3.36. The van der Waals surface area contributed by atoms with Crippen molar-refractivity contribution in [2.45, 2.75) is 39.3 Å². The molecule has 2 N–H and O–H groups in total. The molecule has 1 saturated heterocycles. The second-order valence-corrected chi connectivity index (χ2v) is 7.03. The first kappa shape index (κ1) is 21.4. The number of hydrogen-bond acceptors (Lipinski definition) is 7. The summed E-state index contributed by atoms with van der Waals surface area (Å²) in [5, 5.41) is 5.18. The summed E-state index contributed by atoms with van der Waals surface area (Å²) in [5.74, 6) is -1.31. The van der Waals surface area contributed by atoms with E-state index in [1.165, 1.54) is 11.2 Å². The zero-order valence-corrected chi connectivity index (χ0v) is 16.9. The van der Waals surface area contributed by atoms with Gasteiger partial charge in [-0.1, -0.05) is 6.92 Å². The molecule has 0 aromatic carbocycles. The zero-order chi connectivity index (χ0) is 21.7. The maximum atomic E-state index is 12.5. The maximum Gasteiger partial charge on any atom is 0.338 e. The molecule has 3 amide bonds. The molecule has 2 aliphatic rings. The van der Waals surface area contributed by atoms with Crippen LogP contribution in [0.5, 0.6) is 0 Å². The second kappa shape index (κ2) is 9.47. The van der Waals surface area contributed by atoms with E-state index in [1.54, 1.807) is 19.1 Å². The topological polar surface area (TPSA) is 127 Å². The molecule has 0 bridgehead atoms. The summed E-state index contributed by atoms with van der Waals surface area (Å²) in [7, 11) is 0. The number of nitrogens with zero attached hydrogens (tertiary/aromatic N) is 1. The average molecular weight is 419 g/mol. The lowest BCUT2D eigenvalue weighted by Gasteiger charge is -2.28. The monoisotopic (exact) mass is 419 g/mol. The van der Waals surface area contributed by atoms with E-state index in [4.69, 9.17) is 13.9 Å². The molecule has 0 unspecified atom stereocenters. The Morgan fingerprint density at radius 3 is 2.73 bits per heavy atom. The molecule has 3 heterocycles. The summed E-state index contributed by atoms with van der Waals surface area (Å²) in [6.07, 6.45) is 2.03. The van der Waals surface area contributed by atoms with Crippen molar-refractivity contribution >= 4 is 23.9 Å². The van der Waals surface area contributed by atoms with Gasteiger partial charge in [-0.05, 0) is 25.5 Å². The highest BCUT2D eigenvalue weighted by Crippen LogP contribution is 2.23. The Morgan fingerprint density at radius 2 is 2.07 bits per heavy atom. The minimum absolute atomic E-state index is 0.0365. The predicted molar refractivity (Wildman–Crippen MR) is 103 cm³/mol. The second-order valence-electron chi connectivity index (χ2n) is 7.03. The van der Waals surface area contributed by atoms with Gasteiger partial charge in [0.2, 0.25) is 5.91 Å². The highest BCUT2D eigenvalue weighted by atomic mass is 16.5. The molecule has 3 rings (SSSR count). The third-order valence-electron chi connectivity index (χ3n) is 4.98. The van der Waals surface area contributed by atoms with Crippen molar-refractivity contribution in [3.8, 4) is 0 Å². The van der Waals surface area contributed by atoms with Gasteiger partial charge in [-0.25, -0.2) is 9.59 Å². The van der Waals surface area contributed by atoms with Crippen LogP contribution in [0.25, 0.3) is 0 Å². The fraction of sp³-hybridized carbons (Fsp3) is 0.500. The molecule has 2 atom stereocenters. The van der Waals surface area contributed by atoms with E-state index in [9.17, 15) is 19.2 Å². The molecule has 1 aromatic heterocycles. The standard InChI is InChI=1S/C20H25N3O7/c1-3-14-17(19(26)28-4-2)15(22-20(27)21-14)11-30-18(25)12-8-16(24)23(9-12)10-13-6-5-7-29-13/h5-7,12,14H,3-4,8-11H2,1-2H3,(H2,21,22,27)/t12-,14+/m0/s1. The predicted octanol–water partition coefficient (Wildman–Crippen LogP) is 1.08. The van der Waals surface area contributed by atoms with Crippen LogP contribution in [0.4, 0.5) is 4.79 Å². The largest absolute Gasteiger partial charge is 0.467 e. The Hall–Kier alpha value is -3.30. The number of amides is 3. The Kier molecular flexibility index (Phi) is 6.76. The van der Waals surface area contributed by atoms with Crippen molar-refractivity contribution in [2.24, 2.45) is 5.92 Å². The third-order valence-corrected chi connectivity index (χ3v) is 4.98. The Balaban J connectivity index is 1.65. The number of rotatable bonds is 8. The van der Waals surface area contributed by atoms with Crippen LogP contribution in [0, 0.1) is 5.92 Å². The lowest BCUT2D eigenvalue weighted by Crippen LogP contribution is -2.51. The molecule has 0 spiro atoms. The van der Waals surface area contributed by atoms with Crippen molar-refractivity contribution in [3.63, 3.8) is 0 Å². The van der Waals surface area contributed by atoms with Crippen LogP contribution < -0.4 is 10.6 Å². The van der Waals surface area contributed by atoms with Crippen LogP contribution in [-0.4, -0.2) is 54.6 Å². The Morgan fingerprint density at radius 1 is 1.27 bits per heavy atom. The normalized spacial score (nSPS) is 21.3. The van der Waals surface area contributed by atoms with Crippen LogP contribution in [0.15, 0.2) is 34.1 Å². The molecule has 1 aromatic rings. The van der Waals surface area contributed by atoms with Gasteiger partial charge in [0.05, 0.1) is 42.6 Å². The van der Waals surface area contributed by atoms with Crippen molar-refractivity contribution in [3.05, 3.63) is 35.4 Å². The summed E-state index contributed by atoms with van der Waals surface area (Å²) < 4.78 is 15.7. The van der Waals surface area contributed by atoms with Gasteiger partial charge < -0.3 is 29.4 Å². The van der Waals surface area contributed by atoms with Crippen molar-refractivity contribution in [2.75, 3.05) is 19.8 Å². The van der Waals surface area contributed by atoms with Crippen LogP contribution in [0.2, 0.25) is 0 Å². The Bertz CT molecular complexity index is 847. The molecule has 10 heteroatoms. The summed E-state index contributed by atoms with van der Waals surface area (Å²) in [6, 6.07) is 2.46. The third kappa shape index (κ3) is 4.81. The summed E-state index contributed by atoms with van der Waals surface area (Å²) >= 11 is 0. The van der Waals surface area contributed by atoms with Gasteiger partial charge in [-0.3, -0.25) is 9.59 Å². The van der Waals surface area contributed by atoms with Gasteiger partial charge in [0.1, 0.15) is 12.4 Å². The summed E-state index contributed by atoms with van der Waals surface area (Å²) in [4.78, 5) is 50.5. The van der Waals surface area contributed by atoms with E-state index >= 15 is 0 Å². The van der Waals surface area contributed by atoms with Gasteiger partial charge in [-0.15, -0.1) is 0 Å². The number of likely N-dealkylation sites (tertiary alicyclic amines) is 1. The van der Waals surface area contributed by atoms with Crippen molar-refractivity contribution in [1.82, 2.24) is 15.5 Å². The van der Waals surface area contributed by atoms with Crippen LogP contribution in [0.1, 0.15) is 32.4 Å². The van der Waals surface area contributed by atoms with E-state index in [-0.39, 0.29) is 49.9 Å². The number of furan rings is 1. The van der Waals surface area contributed by atoms with Gasteiger partial charge in [0.15, 0.2) is 0 Å². The lowest BCUT2D eigenvalue weighted by molar-refractivity contribution is -0.148. The van der Waals surface area contributed by atoms with Crippen molar-refractivity contribution < 1.29 is 33.1 Å². The number of carbonyl (C=O) groups is 4. The molecular weight excluding hydrogens is 394 g/mol. The quantitative estimate of drug-likeness (QED) is 0.604. The minimum atomic E-state index is -0.626. The molecule has 30 heavy (non-hydrogen) atoms. The SMILES string of the molecule is CCOC(=O)C1=C(COC(=O)[C@H]2CC(=O)N(Cc3ccco3)C2)NC(=O)N[C@@H]1CC. The van der Waals surface area contributed by atoms with E-state index in [0.717, 1.165) is 0 Å². The van der Waals surface area contributed by atoms with Gasteiger partial charge in [0.25, 0.3) is 0 Å². The summed E-state index contributed by atoms with van der Waals surface area (Å²) in [5.41, 5.74) is 0.419. The van der Waals surface area contributed by atoms with E-state index < -0.39 is 29.9 Å². The number of urea groups is 1. The molecule has 0 aliphatic carbocycles. The van der Waals surface area contributed by atoms with Gasteiger partial charge in [0, 0.05) is 13.0 Å². The number of ether oxygens (including phenoxy) is 2. The van der Waals surface area contributed by atoms with E-state index in [0.29, 0.717) is 12.2 Å². The Labute approximate surface area is 173 Å². The summed E-state index contributed by atoms with van der Waals surface area (Å²) in [6.45, 7) is 3.88. The molecule has 0 saturated carbocycles. The number of carbonyl (C=O) groups excluding carboxylic acids is 4. The molecule has 1 fully saturated rings. The highest BCUT2D eigenvalue weighted by molar-refractivity contribution is 5.95. The first-order valence-corrected chi connectivity index (χ1v) is 9.87. The van der Waals surface area contributed by atoms with Gasteiger partial charge in [-0.2, -0.15) is 0 Å². The first-order valence-electron chi connectivity index (χ1n) is 9.87. The highest BCUT2D eigenvalue weighted by Gasteiger charge is 2.37. The van der Waals surface area contributed by atoms with E-state index in [2.05, 4.69) is 10.6 Å². The first-order chi connectivity index (χ1) is 14.4. The fourth-order valence-electron chi connectivity index (χ4n) is 3.51. The molecule has 0 radical (unpaired) electrons. The van der Waals surface area contributed by atoms with Crippen LogP contribution in [-0.2, 0) is 30.4 Å². The molecule has 2 aliphatic heterocycles. The maximum absolute atomic E-state index is 12.5. The molecule has 162 valence electrons. The van der Waals surface area contributed by atoms with Crippen molar-refractivity contribution in [1.29, 1.82) is 0 Å². The van der Waals surface area contributed by atoms with Gasteiger partial charge >= 0.3 is 18.0 Å². The van der Waals surface area contributed by atoms with Crippen LogP contribution in [0.3, 0.4) is 0 Å². The number of esters is 2. The smallest absolute Gasteiger partial charge is 0.338 e. The number of nitrogens with one attached hydrogen (secondary N) is 2. The minimum Gasteiger partial charge on any atom is -0.467 e. The number of hydrogen-bond donors (Lipinski definition) is 2. The molecular formula is C20H25N3O7. The fourth-order valence-corrected chi connectivity index (χ4v) is 3.51. The lowest BCUT2D eigenvalue weighted by atomic mass is 10.0. The molecule has 10 nitrogen and oxygen atoms in total. The van der Waals surface area contributed by atoms with Crippen LogP contribution >= 0.6 is 0 Å². The zero-order valence-electron chi connectivity index (χ0n) is 16.9. The van der Waals surface area contributed by atoms with E-state index in [1.807, 2.05) is 6.92 Å².